The first-order valence-corrected chi connectivity index (χ1v) is 10.1. The van der Waals surface area contributed by atoms with Crippen LogP contribution in [0.25, 0.3) is 0 Å². The van der Waals surface area contributed by atoms with Gasteiger partial charge in [-0.25, -0.2) is 0 Å². The summed E-state index contributed by atoms with van der Waals surface area (Å²) in [4.78, 5) is 31.5. The van der Waals surface area contributed by atoms with E-state index in [1.807, 2.05) is 15.9 Å². The van der Waals surface area contributed by atoms with Crippen molar-refractivity contribution in [2.45, 2.75) is 19.4 Å². The largest absolute Gasteiger partial charge is 0.472 e. The van der Waals surface area contributed by atoms with Crippen molar-refractivity contribution in [2.75, 3.05) is 39.3 Å². The van der Waals surface area contributed by atoms with Gasteiger partial charge in [-0.2, -0.15) is 0 Å². The van der Waals surface area contributed by atoms with Gasteiger partial charge in [0.25, 0.3) is 5.91 Å². The number of amides is 2. The maximum Gasteiger partial charge on any atom is 0.257 e. The fourth-order valence-corrected chi connectivity index (χ4v) is 4.12. The average Bonchev–Trinajstić information content (AvgIpc) is 3.29. The summed E-state index contributed by atoms with van der Waals surface area (Å²) in [5.41, 5.74) is 1.90. The van der Waals surface area contributed by atoms with Gasteiger partial charge in [-0.15, -0.1) is 0 Å². The Morgan fingerprint density at radius 3 is 2.25 bits per heavy atom. The molecule has 0 unspecified atom stereocenters. The fourth-order valence-electron chi connectivity index (χ4n) is 4.12. The molecule has 0 saturated carbocycles. The molecule has 1 aromatic heterocycles. The van der Waals surface area contributed by atoms with Crippen molar-refractivity contribution in [3.63, 3.8) is 0 Å². The van der Waals surface area contributed by atoms with Crippen molar-refractivity contribution in [3.05, 3.63) is 60.1 Å². The summed E-state index contributed by atoms with van der Waals surface area (Å²) in [7, 11) is 0. The highest BCUT2D eigenvalue weighted by atomic mass is 16.3. The van der Waals surface area contributed by atoms with Crippen molar-refractivity contribution < 1.29 is 14.0 Å². The summed E-state index contributed by atoms with van der Waals surface area (Å²) >= 11 is 0. The highest BCUT2D eigenvalue weighted by molar-refractivity contribution is 5.94. The van der Waals surface area contributed by atoms with Crippen molar-refractivity contribution in [3.8, 4) is 0 Å². The van der Waals surface area contributed by atoms with Crippen LogP contribution in [0.15, 0.2) is 53.3 Å². The van der Waals surface area contributed by atoms with E-state index in [9.17, 15) is 9.59 Å². The monoisotopic (exact) mass is 381 g/mol. The van der Waals surface area contributed by atoms with Gasteiger partial charge in [-0.05, 0) is 24.5 Å². The van der Waals surface area contributed by atoms with Gasteiger partial charge >= 0.3 is 0 Å². The molecule has 6 nitrogen and oxygen atoms in total. The van der Waals surface area contributed by atoms with Crippen LogP contribution in [0.2, 0.25) is 0 Å². The first kappa shape index (κ1) is 18.7. The van der Waals surface area contributed by atoms with E-state index in [1.165, 1.54) is 18.1 Å². The highest BCUT2D eigenvalue weighted by Crippen LogP contribution is 2.22. The summed E-state index contributed by atoms with van der Waals surface area (Å²) in [6, 6.07) is 12.2. The van der Waals surface area contributed by atoms with E-state index in [2.05, 4.69) is 29.2 Å². The second-order valence-electron chi connectivity index (χ2n) is 7.67. The third kappa shape index (κ3) is 4.28. The van der Waals surface area contributed by atoms with Gasteiger partial charge in [-0.1, -0.05) is 30.3 Å². The molecule has 2 fully saturated rings. The quantitative estimate of drug-likeness (QED) is 0.816. The van der Waals surface area contributed by atoms with Gasteiger partial charge in [0.05, 0.1) is 11.8 Å². The predicted molar refractivity (Wildman–Crippen MR) is 106 cm³/mol. The molecule has 6 heteroatoms. The van der Waals surface area contributed by atoms with E-state index in [0.717, 1.165) is 45.6 Å². The predicted octanol–water partition coefficient (Wildman–Crippen LogP) is 2.48. The molecule has 2 aliphatic rings. The Kier molecular flexibility index (Phi) is 5.76. The topological polar surface area (TPSA) is 57.0 Å². The Labute approximate surface area is 165 Å². The Morgan fingerprint density at radius 2 is 1.61 bits per heavy atom. The number of piperazine rings is 1. The summed E-state index contributed by atoms with van der Waals surface area (Å²) in [5, 5.41) is 0. The van der Waals surface area contributed by atoms with Crippen LogP contribution in [0, 0.1) is 5.92 Å². The zero-order chi connectivity index (χ0) is 19.3. The standard InChI is InChI=1S/C22H27N3O3/c26-21(19-6-9-24(10-7-19)22(27)20-8-15-28-17-20)25-13-11-23(12-14-25)16-18-4-2-1-3-5-18/h1-5,8,15,17,19H,6-7,9-14,16H2. The molecule has 2 saturated heterocycles. The normalized spacial score (nSPS) is 19.0. The van der Waals surface area contributed by atoms with Crippen molar-refractivity contribution in [1.82, 2.24) is 14.7 Å². The van der Waals surface area contributed by atoms with E-state index in [4.69, 9.17) is 4.42 Å². The van der Waals surface area contributed by atoms with Crippen molar-refractivity contribution in [1.29, 1.82) is 0 Å². The first-order chi connectivity index (χ1) is 13.7. The fraction of sp³-hybridized carbons (Fsp3) is 0.455. The van der Waals surface area contributed by atoms with Crippen LogP contribution in [0.1, 0.15) is 28.8 Å². The number of likely N-dealkylation sites (tertiary alicyclic amines) is 1. The molecule has 0 bridgehead atoms. The van der Waals surface area contributed by atoms with E-state index in [-0.39, 0.29) is 17.7 Å². The lowest BCUT2D eigenvalue weighted by Crippen LogP contribution is -2.51. The van der Waals surface area contributed by atoms with E-state index < -0.39 is 0 Å². The van der Waals surface area contributed by atoms with Gasteiger partial charge in [0.2, 0.25) is 5.91 Å². The molecule has 2 aliphatic heterocycles. The molecule has 0 spiro atoms. The van der Waals surface area contributed by atoms with Gasteiger partial charge in [-0.3, -0.25) is 14.5 Å². The van der Waals surface area contributed by atoms with Gasteiger partial charge in [0, 0.05) is 51.7 Å². The number of carbonyl (C=O) groups excluding carboxylic acids is 2. The number of hydrogen-bond donors (Lipinski definition) is 0. The molecule has 3 heterocycles. The Bertz CT molecular complexity index is 775. The number of piperidine rings is 1. The summed E-state index contributed by atoms with van der Waals surface area (Å²) < 4.78 is 5.00. The van der Waals surface area contributed by atoms with Crippen molar-refractivity contribution in [2.24, 2.45) is 5.92 Å². The summed E-state index contributed by atoms with van der Waals surface area (Å²) in [6.45, 7) is 5.62. The SMILES string of the molecule is O=C(c1ccoc1)N1CCC(C(=O)N2CCN(Cc3ccccc3)CC2)CC1. The van der Waals surface area contributed by atoms with E-state index in [1.54, 1.807) is 6.07 Å². The van der Waals surface area contributed by atoms with Crippen LogP contribution < -0.4 is 0 Å². The molecule has 148 valence electrons. The second kappa shape index (κ2) is 8.61. The lowest BCUT2D eigenvalue weighted by Gasteiger charge is -2.38. The molecule has 2 amide bonds. The molecule has 2 aromatic rings. The van der Waals surface area contributed by atoms with Crippen LogP contribution in [-0.4, -0.2) is 65.8 Å². The number of nitrogens with zero attached hydrogens (tertiary/aromatic N) is 3. The summed E-state index contributed by atoms with van der Waals surface area (Å²) in [6.07, 6.45) is 4.48. The molecule has 0 aliphatic carbocycles. The maximum absolute atomic E-state index is 12.9. The maximum atomic E-state index is 12.9. The van der Waals surface area contributed by atoms with E-state index >= 15 is 0 Å². The average molecular weight is 381 g/mol. The minimum Gasteiger partial charge on any atom is -0.472 e. The molecule has 0 atom stereocenters. The van der Waals surface area contributed by atoms with Crippen LogP contribution in [0.4, 0.5) is 0 Å². The number of carbonyl (C=O) groups is 2. The minimum absolute atomic E-state index is 0.00539. The Balaban J connectivity index is 1.23. The van der Waals surface area contributed by atoms with Gasteiger partial charge < -0.3 is 14.2 Å². The number of rotatable bonds is 4. The molecular formula is C22H27N3O3. The Morgan fingerprint density at radius 1 is 0.893 bits per heavy atom. The zero-order valence-corrected chi connectivity index (χ0v) is 16.1. The zero-order valence-electron chi connectivity index (χ0n) is 16.1. The third-order valence-electron chi connectivity index (χ3n) is 5.83. The molecule has 0 radical (unpaired) electrons. The minimum atomic E-state index is -0.00539. The first-order valence-electron chi connectivity index (χ1n) is 10.1. The Hall–Kier alpha value is -2.60. The third-order valence-corrected chi connectivity index (χ3v) is 5.83. The van der Waals surface area contributed by atoms with Crippen LogP contribution >= 0.6 is 0 Å². The van der Waals surface area contributed by atoms with Crippen LogP contribution in [-0.2, 0) is 11.3 Å². The lowest BCUT2D eigenvalue weighted by molar-refractivity contribution is -0.138. The lowest BCUT2D eigenvalue weighted by atomic mass is 9.94. The number of benzene rings is 1. The van der Waals surface area contributed by atoms with Gasteiger partial charge in [0.15, 0.2) is 0 Å². The second-order valence-corrected chi connectivity index (χ2v) is 7.67. The van der Waals surface area contributed by atoms with Crippen molar-refractivity contribution >= 4 is 11.8 Å². The van der Waals surface area contributed by atoms with Crippen LogP contribution in [0.3, 0.4) is 0 Å². The molecular weight excluding hydrogens is 354 g/mol. The smallest absolute Gasteiger partial charge is 0.257 e. The number of furan rings is 1. The molecule has 1 aromatic carbocycles. The number of hydrogen-bond acceptors (Lipinski definition) is 4. The highest BCUT2D eigenvalue weighted by Gasteiger charge is 2.32. The van der Waals surface area contributed by atoms with E-state index in [0.29, 0.717) is 18.7 Å². The summed E-state index contributed by atoms with van der Waals surface area (Å²) in [5.74, 6) is 0.290. The van der Waals surface area contributed by atoms with Crippen LogP contribution in [0.5, 0.6) is 0 Å². The van der Waals surface area contributed by atoms with Gasteiger partial charge in [0.1, 0.15) is 6.26 Å². The molecule has 28 heavy (non-hydrogen) atoms. The molecule has 0 N–H and O–H groups in total. The molecule has 4 rings (SSSR count).